The van der Waals surface area contributed by atoms with Gasteiger partial charge in [0.2, 0.25) is 11.8 Å². The molecule has 0 radical (unpaired) electrons. The molecular formula is C17H20N8O2. The zero-order valence-corrected chi connectivity index (χ0v) is 14.9. The van der Waals surface area contributed by atoms with E-state index in [1.165, 1.54) is 6.33 Å². The maximum Gasteiger partial charge on any atom is 0.240 e. The van der Waals surface area contributed by atoms with Gasteiger partial charge in [0.15, 0.2) is 5.82 Å². The van der Waals surface area contributed by atoms with Gasteiger partial charge >= 0.3 is 0 Å². The second-order valence-corrected chi connectivity index (χ2v) is 6.60. The molecule has 10 nitrogen and oxygen atoms in total. The molecule has 1 aromatic carbocycles. The predicted molar refractivity (Wildman–Crippen MR) is 94.8 cm³/mol. The lowest BCUT2D eigenvalue weighted by atomic mass is 9.97. The number of hydrogen-bond donors (Lipinski definition) is 1. The maximum absolute atomic E-state index is 12.7. The molecule has 2 aromatic heterocycles. The first-order chi connectivity index (χ1) is 13.2. The summed E-state index contributed by atoms with van der Waals surface area (Å²) < 4.78 is 6.73. The average Bonchev–Trinajstić information content (AvgIpc) is 3.34. The fourth-order valence-corrected chi connectivity index (χ4v) is 3.26. The van der Waals surface area contributed by atoms with Crippen molar-refractivity contribution in [2.45, 2.75) is 26.3 Å². The maximum atomic E-state index is 12.7. The van der Waals surface area contributed by atoms with Gasteiger partial charge in [0.1, 0.15) is 6.33 Å². The lowest BCUT2D eigenvalue weighted by Gasteiger charge is -2.30. The van der Waals surface area contributed by atoms with E-state index in [1.54, 1.807) is 11.6 Å². The predicted octanol–water partition coefficient (Wildman–Crippen LogP) is 1.20. The van der Waals surface area contributed by atoms with Gasteiger partial charge in [-0.25, -0.2) is 4.68 Å². The molecule has 27 heavy (non-hydrogen) atoms. The molecule has 0 saturated carbocycles. The molecule has 1 fully saturated rings. The quantitative estimate of drug-likeness (QED) is 0.714. The molecule has 4 rings (SSSR count). The molecular weight excluding hydrogens is 348 g/mol. The Balaban J connectivity index is 1.38. The number of hydrogen-bond acceptors (Lipinski definition) is 8. The molecule has 3 heterocycles. The van der Waals surface area contributed by atoms with Crippen LogP contribution in [0.25, 0.3) is 5.69 Å². The van der Waals surface area contributed by atoms with E-state index in [0.717, 1.165) is 30.8 Å². The third kappa shape index (κ3) is 4.17. The number of rotatable bonds is 5. The van der Waals surface area contributed by atoms with Crippen molar-refractivity contribution in [2.75, 3.05) is 18.4 Å². The number of benzene rings is 1. The van der Waals surface area contributed by atoms with Crippen molar-refractivity contribution in [3.8, 4) is 5.69 Å². The number of carbonyl (C=O) groups is 1. The van der Waals surface area contributed by atoms with E-state index in [0.29, 0.717) is 24.8 Å². The highest BCUT2D eigenvalue weighted by atomic mass is 16.5. The van der Waals surface area contributed by atoms with Crippen LogP contribution >= 0.6 is 0 Å². The average molecular weight is 368 g/mol. The smallest absolute Gasteiger partial charge is 0.240 e. The Kier molecular flexibility index (Phi) is 4.88. The van der Waals surface area contributed by atoms with E-state index in [2.05, 4.69) is 35.9 Å². The van der Waals surface area contributed by atoms with Gasteiger partial charge in [0.05, 0.1) is 18.2 Å². The highest BCUT2D eigenvalue weighted by molar-refractivity contribution is 5.93. The van der Waals surface area contributed by atoms with Crippen LogP contribution in [0.15, 0.2) is 35.1 Å². The topological polar surface area (TPSA) is 115 Å². The van der Waals surface area contributed by atoms with Crippen molar-refractivity contribution >= 4 is 11.6 Å². The Labute approximate surface area is 155 Å². The molecule has 1 unspecified atom stereocenters. The Morgan fingerprint density at radius 1 is 1.41 bits per heavy atom. The van der Waals surface area contributed by atoms with Crippen LogP contribution in [0.3, 0.4) is 0 Å². The van der Waals surface area contributed by atoms with Crippen LogP contribution in [-0.2, 0) is 11.3 Å². The summed E-state index contributed by atoms with van der Waals surface area (Å²) >= 11 is 0. The van der Waals surface area contributed by atoms with Gasteiger partial charge in [-0.05, 0) is 54.9 Å². The molecule has 1 N–H and O–H groups in total. The van der Waals surface area contributed by atoms with Gasteiger partial charge in [0, 0.05) is 12.2 Å². The summed E-state index contributed by atoms with van der Waals surface area (Å²) in [6.45, 7) is 3.95. The highest BCUT2D eigenvalue weighted by Crippen LogP contribution is 2.21. The number of aromatic nitrogens is 6. The van der Waals surface area contributed by atoms with Crippen LogP contribution in [0.1, 0.15) is 24.6 Å². The van der Waals surface area contributed by atoms with Crippen LogP contribution in [0.2, 0.25) is 0 Å². The minimum Gasteiger partial charge on any atom is -0.338 e. The Morgan fingerprint density at radius 3 is 3.11 bits per heavy atom. The van der Waals surface area contributed by atoms with Crippen LogP contribution < -0.4 is 5.32 Å². The minimum absolute atomic E-state index is 0.00951. The number of nitrogens with one attached hydrogen (secondary N) is 1. The van der Waals surface area contributed by atoms with E-state index in [9.17, 15) is 4.79 Å². The minimum atomic E-state index is -0.0838. The van der Waals surface area contributed by atoms with Crippen molar-refractivity contribution in [1.82, 2.24) is 35.2 Å². The lowest BCUT2D eigenvalue weighted by molar-refractivity contribution is -0.121. The molecule has 1 saturated heterocycles. The third-order valence-corrected chi connectivity index (χ3v) is 4.53. The Morgan fingerprint density at radius 2 is 2.33 bits per heavy atom. The SMILES string of the molecule is Cc1noc(CN2CCCC(C(=O)Nc3cccc(-n4cnnn4)c3)C2)n1. The summed E-state index contributed by atoms with van der Waals surface area (Å²) in [7, 11) is 0. The van der Waals surface area contributed by atoms with Crippen molar-refractivity contribution in [1.29, 1.82) is 0 Å². The van der Waals surface area contributed by atoms with Crippen LogP contribution in [-0.4, -0.2) is 54.2 Å². The van der Waals surface area contributed by atoms with E-state index in [1.807, 2.05) is 24.3 Å². The molecule has 1 atom stereocenters. The van der Waals surface area contributed by atoms with Crippen molar-refractivity contribution in [3.63, 3.8) is 0 Å². The first-order valence-electron chi connectivity index (χ1n) is 8.83. The van der Waals surface area contributed by atoms with Crippen molar-refractivity contribution in [3.05, 3.63) is 42.3 Å². The van der Waals surface area contributed by atoms with Crippen LogP contribution in [0.4, 0.5) is 5.69 Å². The van der Waals surface area contributed by atoms with Crippen molar-refractivity contribution in [2.24, 2.45) is 5.92 Å². The second-order valence-electron chi connectivity index (χ2n) is 6.60. The summed E-state index contributed by atoms with van der Waals surface area (Å²) in [5.74, 6) is 1.14. The lowest BCUT2D eigenvalue weighted by Crippen LogP contribution is -2.40. The summed E-state index contributed by atoms with van der Waals surface area (Å²) in [5.41, 5.74) is 1.51. The summed E-state index contributed by atoms with van der Waals surface area (Å²) in [6.07, 6.45) is 3.33. The molecule has 1 aliphatic rings. The van der Waals surface area contributed by atoms with Gasteiger partial charge < -0.3 is 9.84 Å². The van der Waals surface area contributed by atoms with Gasteiger partial charge in [-0.15, -0.1) is 5.10 Å². The van der Waals surface area contributed by atoms with E-state index in [4.69, 9.17) is 4.52 Å². The largest absolute Gasteiger partial charge is 0.338 e. The molecule has 10 heteroatoms. The number of nitrogens with zero attached hydrogens (tertiary/aromatic N) is 7. The Hall–Kier alpha value is -3.14. The first kappa shape index (κ1) is 17.3. The molecule has 1 aliphatic heterocycles. The number of tetrazole rings is 1. The number of carbonyl (C=O) groups excluding carboxylic acids is 1. The van der Waals surface area contributed by atoms with E-state index < -0.39 is 0 Å². The fourth-order valence-electron chi connectivity index (χ4n) is 3.26. The van der Waals surface area contributed by atoms with Gasteiger partial charge in [-0.3, -0.25) is 9.69 Å². The summed E-state index contributed by atoms with van der Waals surface area (Å²) in [4.78, 5) is 19.1. The molecule has 3 aromatic rings. The number of anilines is 1. The van der Waals surface area contributed by atoms with Gasteiger partial charge in [-0.1, -0.05) is 11.2 Å². The fraction of sp³-hybridized carbons (Fsp3) is 0.412. The van der Waals surface area contributed by atoms with E-state index in [-0.39, 0.29) is 11.8 Å². The number of amides is 1. The molecule has 1 amide bonds. The van der Waals surface area contributed by atoms with Crippen LogP contribution in [0.5, 0.6) is 0 Å². The van der Waals surface area contributed by atoms with E-state index >= 15 is 0 Å². The molecule has 0 spiro atoms. The van der Waals surface area contributed by atoms with Gasteiger partial charge in [-0.2, -0.15) is 4.98 Å². The summed E-state index contributed by atoms with van der Waals surface area (Å²) in [6, 6.07) is 7.43. The first-order valence-corrected chi connectivity index (χ1v) is 8.83. The number of aryl methyl sites for hydroxylation is 1. The zero-order valence-electron chi connectivity index (χ0n) is 14.9. The highest BCUT2D eigenvalue weighted by Gasteiger charge is 2.27. The Bertz CT molecular complexity index is 907. The standard InChI is InChI=1S/C17H20N8O2/c1-12-19-16(27-21-12)10-24-7-3-4-13(9-24)17(26)20-14-5-2-6-15(8-14)25-11-18-22-23-25/h2,5-6,8,11,13H,3-4,7,9-10H2,1H3,(H,20,26). The molecule has 0 bridgehead atoms. The van der Waals surface area contributed by atoms with Crippen LogP contribution in [0, 0.1) is 12.8 Å². The second kappa shape index (κ2) is 7.62. The zero-order chi connectivity index (χ0) is 18.6. The number of piperidine rings is 1. The summed E-state index contributed by atoms with van der Waals surface area (Å²) in [5, 5.41) is 17.9. The molecule has 0 aliphatic carbocycles. The van der Waals surface area contributed by atoms with Gasteiger partial charge in [0.25, 0.3) is 0 Å². The molecule has 140 valence electrons. The third-order valence-electron chi connectivity index (χ3n) is 4.53. The normalized spacial score (nSPS) is 17.7. The monoisotopic (exact) mass is 368 g/mol. The number of likely N-dealkylation sites (tertiary alicyclic amines) is 1. The van der Waals surface area contributed by atoms with Crippen molar-refractivity contribution < 1.29 is 9.32 Å².